The summed E-state index contributed by atoms with van der Waals surface area (Å²) >= 11 is 0. The summed E-state index contributed by atoms with van der Waals surface area (Å²) in [6.45, 7) is 0. The highest BCUT2D eigenvalue weighted by Crippen LogP contribution is 2.45. The van der Waals surface area contributed by atoms with Crippen LogP contribution in [-0.2, 0) is 0 Å². The van der Waals surface area contributed by atoms with Gasteiger partial charge in [0, 0.05) is 98.5 Å². The van der Waals surface area contributed by atoms with Crippen LogP contribution in [0.1, 0.15) is 0 Å². The Balaban J connectivity index is 0.793. The maximum absolute atomic E-state index is 6.10. The number of benzene rings is 15. The van der Waals surface area contributed by atoms with Gasteiger partial charge in [-0.2, -0.15) is 0 Å². The Labute approximate surface area is 619 Å². The molecule has 502 valence electrons. The summed E-state index contributed by atoms with van der Waals surface area (Å²) in [4.78, 5) is 11.4. The van der Waals surface area contributed by atoms with Crippen molar-refractivity contribution in [3.8, 4) is 79.2 Å². The van der Waals surface area contributed by atoms with Crippen LogP contribution in [0.3, 0.4) is 0 Å². The maximum Gasteiger partial charge on any atom is 0.140 e. The van der Waals surface area contributed by atoms with Crippen molar-refractivity contribution in [1.29, 1.82) is 0 Å². The largest absolute Gasteiger partial charge is 0.309 e. The second-order valence-corrected chi connectivity index (χ2v) is 28.5. The minimum atomic E-state index is 0.786. The average Bonchev–Trinajstić information content (AvgIpc) is 1.56. The van der Waals surface area contributed by atoms with Crippen LogP contribution >= 0.6 is 0 Å². The fourth-order valence-electron chi connectivity index (χ4n) is 17.8. The predicted octanol–water partition coefficient (Wildman–Crippen LogP) is 25.7. The standard InChI is InChI=1S/C100H62N8/c1-3-23-65(24-4-1)85-55-67(56-86(101-85)66-25-5-2-6-26-66)63-43-45-64(46-44-63)68-57-99(107-95-51-47-69(103-87-35-15-7-27-73(87)74-28-8-16-36-88(74)103)59-81(95)82-60-70(48-52-96(82)107)104-89-37-17-9-29-75(89)76-30-10-18-38-90(76)104)102-100(58-68)108-97-53-49-71(105-91-39-19-11-31-77(91)78-32-12-20-40-92(78)105)61-83(97)84-62-72(50-54-98(84)108)106-93-41-21-13-33-79(93)80-34-14-22-42-94(80)106/h1-62H. The number of aromatic nitrogens is 8. The molecule has 0 fully saturated rings. The molecule has 108 heavy (non-hydrogen) atoms. The van der Waals surface area contributed by atoms with E-state index in [1.165, 1.54) is 43.1 Å². The van der Waals surface area contributed by atoms with Crippen LogP contribution in [0.4, 0.5) is 0 Å². The molecule has 0 atom stereocenters. The summed E-state index contributed by atoms with van der Waals surface area (Å²) in [7, 11) is 0. The van der Waals surface area contributed by atoms with E-state index in [1.807, 2.05) is 0 Å². The molecule has 8 heteroatoms. The molecule has 0 saturated heterocycles. The summed E-state index contributed by atoms with van der Waals surface area (Å²) in [5, 5.41) is 14.2. The number of hydrogen-bond donors (Lipinski definition) is 0. The monoisotopic (exact) mass is 1370 g/mol. The normalized spacial score (nSPS) is 12.1. The zero-order valence-corrected chi connectivity index (χ0v) is 58.4. The lowest BCUT2D eigenvalue weighted by Crippen LogP contribution is -2.05. The first-order chi connectivity index (χ1) is 53.6. The first-order valence-corrected chi connectivity index (χ1v) is 36.9. The Kier molecular flexibility index (Phi) is 13.0. The van der Waals surface area contributed by atoms with Gasteiger partial charge in [0.25, 0.3) is 0 Å². The zero-order chi connectivity index (χ0) is 70.7. The molecule has 0 unspecified atom stereocenters. The molecular formula is C100H62N8. The van der Waals surface area contributed by atoms with Gasteiger partial charge in [-0.05, 0) is 168 Å². The van der Waals surface area contributed by atoms with Crippen molar-refractivity contribution in [1.82, 2.24) is 37.4 Å². The number of rotatable bonds is 10. The summed E-state index contributed by atoms with van der Waals surface area (Å²) < 4.78 is 14.6. The molecule has 0 aliphatic rings. The number of pyridine rings is 2. The molecule has 0 amide bonds. The van der Waals surface area contributed by atoms with Gasteiger partial charge in [-0.3, -0.25) is 9.13 Å². The topological polar surface area (TPSA) is 55.4 Å². The Morgan fingerprint density at radius 2 is 0.361 bits per heavy atom. The smallest absolute Gasteiger partial charge is 0.140 e. The van der Waals surface area contributed by atoms with Gasteiger partial charge in [0.15, 0.2) is 0 Å². The van der Waals surface area contributed by atoms with E-state index in [9.17, 15) is 0 Å². The Bertz CT molecular complexity index is 6690. The number of fused-ring (bicyclic) bond motifs is 18. The van der Waals surface area contributed by atoms with Crippen LogP contribution < -0.4 is 0 Å². The summed E-state index contributed by atoms with van der Waals surface area (Å²) in [6.07, 6.45) is 0. The highest BCUT2D eigenvalue weighted by atomic mass is 15.1. The molecule has 0 radical (unpaired) electrons. The molecule has 8 nitrogen and oxygen atoms in total. The van der Waals surface area contributed by atoms with E-state index >= 15 is 0 Å². The van der Waals surface area contributed by atoms with Crippen molar-refractivity contribution in [2.24, 2.45) is 0 Å². The van der Waals surface area contributed by atoms with Gasteiger partial charge in [0.1, 0.15) is 11.6 Å². The second kappa shape index (κ2) is 23.5. The first-order valence-electron chi connectivity index (χ1n) is 36.9. The van der Waals surface area contributed by atoms with Crippen LogP contribution in [-0.4, -0.2) is 37.4 Å². The van der Waals surface area contributed by atoms with Crippen LogP contribution in [0.15, 0.2) is 376 Å². The summed E-state index contributed by atoms with van der Waals surface area (Å²) in [5.41, 5.74) is 25.9. The van der Waals surface area contributed by atoms with E-state index < -0.39 is 0 Å². The highest BCUT2D eigenvalue weighted by molar-refractivity contribution is 6.17. The van der Waals surface area contributed by atoms with E-state index in [0.717, 1.165) is 167 Å². The Morgan fingerprint density at radius 3 is 0.620 bits per heavy atom. The lowest BCUT2D eigenvalue weighted by molar-refractivity contribution is 1.01. The third kappa shape index (κ3) is 9.04. The van der Waals surface area contributed by atoms with Crippen LogP contribution in [0, 0.1) is 0 Å². The van der Waals surface area contributed by atoms with E-state index in [4.69, 9.17) is 9.97 Å². The molecule has 8 aromatic heterocycles. The molecule has 15 aromatic carbocycles. The van der Waals surface area contributed by atoms with Gasteiger partial charge >= 0.3 is 0 Å². The fraction of sp³-hybridized carbons (Fsp3) is 0. The number of nitrogens with zero attached hydrogens (tertiary/aromatic N) is 8. The zero-order valence-electron chi connectivity index (χ0n) is 58.4. The maximum atomic E-state index is 6.10. The molecule has 8 heterocycles. The fourth-order valence-corrected chi connectivity index (χ4v) is 17.8. The van der Waals surface area contributed by atoms with E-state index in [2.05, 4.69) is 404 Å². The summed E-state index contributed by atoms with van der Waals surface area (Å²) in [5.74, 6) is 1.57. The van der Waals surface area contributed by atoms with Gasteiger partial charge in [0.05, 0.1) is 77.6 Å². The molecule has 23 aromatic rings. The summed E-state index contributed by atoms with van der Waals surface area (Å²) in [6, 6.07) is 138. The van der Waals surface area contributed by atoms with Gasteiger partial charge in [-0.1, -0.05) is 231 Å². The van der Waals surface area contributed by atoms with Crippen LogP contribution in [0.5, 0.6) is 0 Å². The van der Waals surface area contributed by atoms with Crippen molar-refractivity contribution in [3.05, 3.63) is 376 Å². The van der Waals surface area contributed by atoms with Gasteiger partial charge in [-0.25, -0.2) is 9.97 Å². The lowest BCUT2D eigenvalue weighted by atomic mass is 9.97. The van der Waals surface area contributed by atoms with Crippen molar-refractivity contribution < 1.29 is 0 Å². The van der Waals surface area contributed by atoms with Crippen molar-refractivity contribution in [2.45, 2.75) is 0 Å². The van der Waals surface area contributed by atoms with Crippen LogP contribution in [0.2, 0.25) is 0 Å². The number of para-hydroxylation sites is 8. The Hall–Kier alpha value is -14.6. The van der Waals surface area contributed by atoms with Crippen LogP contribution in [0.25, 0.3) is 210 Å². The third-order valence-electron chi connectivity index (χ3n) is 22.6. The van der Waals surface area contributed by atoms with Gasteiger partial charge in [-0.15, -0.1) is 0 Å². The molecule has 0 aliphatic carbocycles. The first kappa shape index (κ1) is 59.9. The number of hydrogen-bond acceptors (Lipinski definition) is 2. The quantitative estimate of drug-likeness (QED) is 0.137. The SMILES string of the molecule is c1ccc(-c2cc(-c3ccc(-c4cc(-n5c6ccc(-n7c8ccccc8c8ccccc87)cc6c6cc(-n7c8ccccc8c8ccccc87)ccc65)nc(-n5c6ccc(-n7c8ccccc8c8ccccc87)cc6c6cc(-n7c8ccccc8c8ccccc87)ccc65)c4)cc3)cc(-c3ccccc3)n2)cc1. The van der Waals surface area contributed by atoms with E-state index in [-0.39, 0.29) is 0 Å². The van der Waals surface area contributed by atoms with Crippen molar-refractivity contribution in [2.75, 3.05) is 0 Å². The molecule has 0 aliphatic heterocycles. The third-order valence-corrected chi connectivity index (χ3v) is 22.6. The molecule has 0 bridgehead atoms. The second-order valence-electron chi connectivity index (χ2n) is 28.5. The Morgan fingerprint density at radius 1 is 0.139 bits per heavy atom. The van der Waals surface area contributed by atoms with E-state index in [1.54, 1.807) is 0 Å². The van der Waals surface area contributed by atoms with E-state index in [0.29, 0.717) is 0 Å². The minimum Gasteiger partial charge on any atom is -0.309 e. The molecule has 23 rings (SSSR count). The van der Waals surface area contributed by atoms with Crippen molar-refractivity contribution in [3.63, 3.8) is 0 Å². The molecule has 0 N–H and O–H groups in total. The molecule has 0 saturated carbocycles. The predicted molar refractivity (Wildman–Crippen MR) is 450 cm³/mol. The minimum absolute atomic E-state index is 0.786. The van der Waals surface area contributed by atoms with Crippen molar-refractivity contribution >= 4 is 131 Å². The highest BCUT2D eigenvalue weighted by Gasteiger charge is 2.25. The van der Waals surface area contributed by atoms with Gasteiger partial charge in [0.2, 0.25) is 0 Å². The van der Waals surface area contributed by atoms with Gasteiger partial charge < -0.3 is 18.3 Å². The molecular weight excluding hydrogens is 1310 g/mol. The molecule has 0 spiro atoms. The lowest BCUT2D eigenvalue weighted by Gasteiger charge is -2.16. The average molecular weight is 1380 g/mol.